The van der Waals surface area contributed by atoms with E-state index in [0.717, 1.165) is 6.42 Å². The Morgan fingerprint density at radius 2 is 2.08 bits per heavy atom. The molecule has 1 N–H and O–H groups in total. The van der Waals surface area contributed by atoms with Gasteiger partial charge in [-0.3, -0.25) is 4.79 Å². The standard InChI is InChI=1S/C19H21N3O4/c1-24-15-6-5-13(9-16(15)25-2)17-21-19(26-22-17)18(23)20-10-14-8-11-3-4-12(14)7-11/h3-6,9,11-12,14H,7-8,10H2,1-2H3,(H,20,23)/t11-,12-,14+/m0/s1. The second kappa shape index (κ2) is 6.82. The number of aromatic nitrogens is 2. The summed E-state index contributed by atoms with van der Waals surface area (Å²) in [6.45, 7) is 0.637. The zero-order chi connectivity index (χ0) is 18.1. The monoisotopic (exact) mass is 355 g/mol. The van der Waals surface area contributed by atoms with Crippen LogP contribution < -0.4 is 14.8 Å². The van der Waals surface area contributed by atoms with Gasteiger partial charge in [0.1, 0.15) is 0 Å². The lowest BCUT2D eigenvalue weighted by Gasteiger charge is -2.17. The second-order valence-corrected chi connectivity index (χ2v) is 6.74. The average Bonchev–Trinajstić information content (AvgIpc) is 3.42. The smallest absolute Gasteiger partial charge is 0.316 e. The van der Waals surface area contributed by atoms with Crippen molar-refractivity contribution in [1.82, 2.24) is 15.5 Å². The fourth-order valence-electron chi connectivity index (χ4n) is 3.84. The number of hydrogen-bond donors (Lipinski definition) is 1. The highest BCUT2D eigenvalue weighted by molar-refractivity contribution is 5.89. The van der Waals surface area contributed by atoms with Crippen LogP contribution in [0.3, 0.4) is 0 Å². The highest BCUT2D eigenvalue weighted by Gasteiger charge is 2.35. The van der Waals surface area contributed by atoms with Crippen LogP contribution in [0, 0.1) is 17.8 Å². The molecule has 2 aliphatic rings. The maximum atomic E-state index is 12.3. The molecule has 0 spiro atoms. The first-order valence-electron chi connectivity index (χ1n) is 8.70. The summed E-state index contributed by atoms with van der Waals surface area (Å²) < 4.78 is 15.6. The fraction of sp³-hybridized carbons (Fsp3) is 0.421. The molecule has 2 bridgehead atoms. The Kier molecular flexibility index (Phi) is 4.36. The number of ether oxygens (including phenoxy) is 2. The van der Waals surface area contributed by atoms with Crippen LogP contribution in [0.25, 0.3) is 11.4 Å². The third kappa shape index (κ3) is 3.05. The minimum atomic E-state index is -0.337. The normalized spacial score (nSPS) is 23.2. The Hall–Kier alpha value is -2.83. The summed E-state index contributed by atoms with van der Waals surface area (Å²) in [4.78, 5) is 16.5. The molecule has 0 unspecified atom stereocenters. The first kappa shape index (κ1) is 16.6. The minimum Gasteiger partial charge on any atom is -0.493 e. The second-order valence-electron chi connectivity index (χ2n) is 6.74. The lowest BCUT2D eigenvalue weighted by molar-refractivity contribution is 0.0901. The quantitative estimate of drug-likeness (QED) is 0.802. The van der Waals surface area contributed by atoms with E-state index in [9.17, 15) is 4.79 Å². The van der Waals surface area contributed by atoms with Crippen LogP contribution >= 0.6 is 0 Å². The Morgan fingerprint density at radius 1 is 1.23 bits per heavy atom. The number of hydrogen-bond acceptors (Lipinski definition) is 6. The first-order chi connectivity index (χ1) is 12.7. The molecule has 7 nitrogen and oxygen atoms in total. The molecule has 0 aliphatic heterocycles. The highest BCUT2D eigenvalue weighted by Crippen LogP contribution is 2.43. The summed E-state index contributed by atoms with van der Waals surface area (Å²) in [5, 5.41) is 6.82. The number of nitrogens with zero attached hydrogens (tertiary/aromatic N) is 2. The summed E-state index contributed by atoms with van der Waals surface area (Å²) in [5.74, 6) is 2.90. The maximum absolute atomic E-state index is 12.3. The minimum absolute atomic E-state index is 0.0338. The number of amides is 1. The molecule has 1 fully saturated rings. The number of nitrogens with one attached hydrogen (secondary N) is 1. The molecule has 26 heavy (non-hydrogen) atoms. The van der Waals surface area contributed by atoms with Gasteiger partial charge in [0.05, 0.1) is 14.2 Å². The van der Waals surface area contributed by atoms with Crippen molar-refractivity contribution < 1.29 is 18.8 Å². The van der Waals surface area contributed by atoms with E-state index in [-0.39, 0.29) is 11.8 Å². The molecular weight excluding hydrogens is 334 g/mol. The summed E-state index contributed by atoms with van der Waals surface area (Å²) in [7, 11) is 3.13. The lowest BCUT2D eigenvalue weighted by atomic mass is 9.94. The van der Waals surface area contributed by atoms with E-state index in [1.54, 1.807) is 32.4 Å². The van der Waals surface area contributed by atoms with E-state index in [1.807, 2.05) is 0 Å². The number of carbonyl (C=O) groups is 1. The van der Waals surface area contributed by atoms with Crippen LogP contribution in [0.15, 0.2) is 34.9 Å². The van der Waals surface area contributed by atoms with Crippen LogP contribution in [0.2, 0.25) is 0 Å². The molecular formula is C19H21N3O4. The largest absolute Gasteiger partial charge is 0.493 e. The van der Waals surface area contributed by atoms with Gasteiger partial charge in [0.2, 0.25) is 5.82 Å². The highest BCUT2D eigenvalue weighted by atomic mass is 16.5. The molecule has 0 radical (unpaired) electrons. The van der Waals surface area contributed by atoms with E-state index in [0.29, 0.717) is 47.2 Å². The van der Waals surface area contributed by atoms with Crippen molar-refractivity contribution in [3.63, 3.8) is 0 Å². The van der Waals surface area contributed by atoms with Gasteiger partial charge < -0.3 is 19.3 Å². The zero-order valence-electron chi connectivity index (χ0n) is 14.8. The van der Waals surface area contributed by atoms with Crippen molar-refractivity contribution >= 4 is 5.91 Å². The van der Waals surface area contributed by atoms with Crippen LogP contribution in [0.1, 0.15) is 23.5 Å². The van der Waals surface area contributed by atoms with Crippen molar-refractivity contribution in [2.45, 2.75) is 12.8 Å². The molecule has 2 aliphatic carbocycles. The summed E-state index contributed by atoms with van der Waals surface area (Å²) in [6.07, 6.45) is 6.91. The zero-order valence-corrected chi connectivity index (χ0v) is 14.8. The molecule has 1 aromatic heterocycles. The lowest BCUT2D eigenvalue weighted by Crippen LogP contribution is -2.31. The molecule has 1 saturated carbocycles. The van der Waals surface area contributed by atoms with Gasteiger partial charge in [-0.1, -0.05) is 17.3 Å². The first-order valence-corrected chi connectivity index (χ1v) is 8.70. The molecule has 7 heteroatoms. The summed E-state index contributed by atoms with van der Waals surface area (Å²) in [5.41, 5.74) is 0.684. The van der Waals surface area contributed by atoms with Crippen LogP contribution in [0.5, 0.6) is 11.5 Å². The van der Waals surface area contributed by atoms with Gasteiger partial charge in [0, 0.05) is 12.1 Å². The van der Waals surface area contributed by atoms with Gasteiger partial charge in [-0.05, 0) is 48.8 Å². The number of carbonyl (C=O) groups excluding carboxylic acids is 1. The van der Waals surface area contributed by atoms with Crippen LogP contribution in [0.4, 0.5) is 0 Å². The van der Waals surface area contributed by atoms with Crippen LogP contribution in [-0.4, -0.2) is 36.8 Å². The Labute approximate surface area is 151 Å². The number of fused-ring (bicyclic) bond motifs is 2. The predicted octanol–water partition coefficient (Wildman–Crippen LogP) is 2.70. The number of rotatable bonds is 6. The van der Waals surface area contributed by atoms with E-state index in [4.69, 9.17) is 14.0 Å². The van der Waals surface area contributed by atoms with E-state index >= 15 is 0 Å². The van der Waals surface area contributed by atoms with E-state index in [2.05, 4.69) is 27.6 Å². The van der Waals surface area contributed by atoms with Gasteiger partial charge in [-0.15, -0.1) is 0 Å². The molecule has 1 heterocycles. The molecule has 0 saturated heterocycles. The molecule has 3 atom stereocenters. The number of methoxy groups -OCH3 is 2. The third-order valence-electron chi connectivity index (χ3n) is 5.20. The molecule has 1 aromatic carbocycles. The average molecular weight is 355 g/mol. The third-order valence-corrected chi connectivity index (χ3v) is 5.20. The van der Waals surface area contributed by atoms with Gasteiger partial charge in [-0.2, -0.15) is 4.98 Å². The summed E-state index contributed by atoms with van der Waals surface area (Å²) in [6, 6.07) is 5.29. The van der Waals surface area contributed by atoms with Gasteiger partial charge in [0.25, 0.3) is 0 Å². The topological polar surface area (TPSA) is 86.5 Å². The van der Waals surface area contributed by atoms with Gasteiger partial charge >= 0.3 is 11.8 Å². The maximum Gasteiger partial charge on any atom is 0.316 e. The fourth-order valence-corrected chi connectivity index (χ4v) is 3.84. The van der Waals surface area contributed by atoms with Crippen molar-refractivity contribution in [3.05, 3.63) is 36.2 Å². The molecule has 1 amide bonds. The van der Waals surface area contributed by atoms with E-state index < -0.39 is 0 Å². The van der Waals surface area contributed by atoms with Crippen molar-refractivity contribution in [1.29, 1.82) is 0 Å². The van der Waals surface area contributed by atoms with Crippen molar-refractivity contribution in [2.75, 3.05) is 20.8 Å². The predicted molar refractivity (Wildman–Crippen MR) is 94.0 cm³/mol. The Balaban J connectivity index is 1.42. The van der Waals surface area contributed by atoms with Crippen molar-refractivity contribution in [3.8, 4) is 22.9 Å². The number of allylic oxidation sites excluding steroid dienone is 2. The van der Waals surface area contributed by atoms with Crippen molar-refractivity contribution in [2.24, 2.45) is 17.8 Å². The van der Waals surface area contributed by atoms with Crippen LogP contribution in [-0.2, 0) is 0 Å². The molecule has 4 rings (SSSR count). The SMILES string of the molecule is COc1ccc(-c2noc(C(=O)NC[C@H]3C[C@H]4C=C[C@H]3C4)n2)cc1OC. The van der Waals surface area contributed by atoms with Gasteiger partial charge in [-0.25, -0.2) is 0 Å². The molecule has 2 aromatic rings. The Bertz CT molecular complexity index is 845. The number of benzene rings is 1. The Morgan fingerprint density at radius 3 is 2.77 bits per heavy atom. The molecule has 136 valence electrons. The van der Waals surface area contributed by atoms with E-state index in [1.165, 1.54) is 6.42 Å². The summed E-state index contributed by atoms with van der Waals surface area (Å²) >= 11 is 0. The van der Waals surface area contributed by atoms with Gasteiger partial charge in [0.15, 0.2) is 11.5 Å².